The monoisotopic (exact) mass is 353 g/mol. The van der Waals surface area contributed by atoms with Crippen LogP contribution in [-0.2, 0) is 9.53 Å². The highest BCUT2D eigenvalue weighted by Crippen LogP contribution is 2.22. The highest BCUT2D eigenvalue weighted by molar-refractivity contribution is 5.85. The minimum Gasteiger partial charge on any atom is -0.379 e. The van der Waals surface area contributed by atoms with Crippen molar-refractivity contribution in [2.75, 3.05) is 59.0 Å². The van der Waals surface area contributed by atoms with Gasteiger partial charge in [-0.3, -0.25) is 9.69 Å². The molecule has 22 heavy (non-hydrogen) atoms. The molecule has 3 aliphatic heterocycles. The summed E-state index contributed by atoms with van der Waals surface area (Å²) in [6.45, 7) is 8.85. The minimum absolute atomic E-state index is 0. The number of hydrogen-bond donors (Lipinski definition) is 1. The van der Waals surface area contributed by atoms with Crippen LogP contribution in [0.4, 0.5) is 0 Å². The molecule has 1 amide bonds. The van der Waals surface area contributed by atoms with Gasteiger partial charge in [-0.05, 0) is 31.7 Å². The lowest BCUT2D eigenvalue weighted by Gasteiger charge is -2.29. The molecule has 0 saturated carbocycles. The second kappa shape index (κ2) is 9.93. The van der Waals surface area contributed by atoms with Crippen LogP contribution in [0.2, 0.25) is 0 Å². The van der Waals surface area contributed by atoms with Crippen LogP contribution < -0.4 is 5.32 Å². The Hall–Kier alpha value is -0.0700. The number of carbonyl (C=O) groups is 1. The van der Waals surface area contributed by atoms with E-state index in [2.05, 4.69) is 15.1 Å². The van der Waals surface area contributed by atoms with Crippen molar-refractivity contribution in [1.82, 2.24) is 15.1 Å². The van der Waals surface area contributed by atoms with Crippen LogP contribution in [0.5, 0.6) is 0 Å². The Morgan fingerprint density at radius 1 is 1.14 bits per heavy atom. The third-order valence-electron chi connectivity index (χ3n) is 4.86. The van der Waals surface area contributed by atoms with Crippen LogP contribution in [-0.4, -0.2) is 74.7 Å². The summed E-state index contributed by atoms with van der Waals surface area (Å²) in [5.74, 6) is 1.28. The summed E-state index contributed by atoms with van der Waals surface area (Å²) in [6, 6.07) is 0. The van der Waals surface area contributed by atoms with E-state index in [0.29, 0.717) is 11.8 Å². The van der Waals surface area contributed by atoms with Crippen molar-refractivity contribution in [3.63, 3.8) is 0 Å². The first kappa shape index (κ1) is 20.0. The number of carbonyl (C=O) groups excluding carboxylic acids is 1. The van der Waals surface area contributed by atoms with E-state index in [4.69, 9.17) is 4.74 Å². The average molecular weight is 354 g/mol. The zero-order valence-corrected chi connectivity index (χ0v) is 14.8. The number of likely N-dealkylation sites (tertiary alicyclic amines) is 1. The standard InChI is InChI=1S/C15H27N3O2.2ClH/c19-15(14-2-1-4-16-10-14)18-5-3-13(12-18)11-17-6-8-20-9-7-17;;/h13-14,16H,1-12H2;2*1H. The molecule has 3 rings (SSSR count). The smallest absolute Gasteiger partial charge is 0.226 e. The highest BCUT2D eigenvalue weighted by atomic mass is 35.5. The summed E-state index contributed by atoms with van der Waals surface area (Å²) in [6.07, 6.45) is 3.38. The molecule has 5 nitrogen and oxygen atoms in total. The number of piperidine rings is 1. The maximum atomic E-state index is 12.5. The molecule has 3 aliphatic rings. The van der Waals surface area contributed by atoms with E-state index in [1.165, 1.54) is 6.42 Å². The number of amides is 1. The van der Waals surface area contributed by atoms with Gasteiger partial charge in [0.05, 0.1) is 19.1 Å². The van der Waals surface area contributed by atoms with E-state index in [-0.39, 0.29) is 30.7 Å². The first-order valence-corrected chi connectivity index (χ1v) is 8.12. The van der Waals surface area contributed by atoms with E-state index in [1.54, 1.807) is 0 Å². The summed E-state index contributed by atoms with van der Waals surface area (Å²) >= 11 is 0. The molecule has 0 aliphatic carbocycles. The third-order valence-corrected chi connectivity index (χ3v) is 4.86. The molecule has 3 saturated heterocycles. The third kappa shape index (κ3) is 5.24. The number of ether oxygens (including phenoxy) is 1. The number of nitrogens with zero attached hydrogens (tertiary/aromatic N) is 2. The fraction of sp³-hybridized carbons (Fsp3) is 0.933. The van der Waals surface area contributed by atoms with Gasteiger partial charge >= 0.3 is 0 Å². The number of halogens is 2. The summed E-state index contributed by atoms with van der Waals surface area (Å²) in [4.78, 5) is 17.1. The van der Waals surface area contributed by atoms with Gasteiger partial charge in [-0.25, -0.2) is 0 Å². The first-order chi connectivity index (χ1) is 9.83. The van der Waals surface area contributed by atoms with Crippen molar-refractivity contribution in [2.45, 2.75) is 19.3 Å². The van der Waals surface area contributed by atoms with Crippen molar-refractivity contribution in [3.8, 4) is 0 Å². The molecule has 3 fully saturated rings. The molecule has 0 radical (unpaired) electrons. The van der Waals surface area contributed by atoms with Gasteiger partial charge in [0.1, 0.15) is 0 Å². The van der Waals surface area contributed by atoms with Crippen LogP contribution >= 0.6 is 24.8 Å². The second-order valence-electron chi connectivity index (χ2n) is 6.40. The van der Waals surface area contributed by atoms with Crippen LogP contribution in [0.25, 0.3) is 0 Å². The fourth-order valence-electron chi connectivity index (χ4n) is 3.65. The van der Waals surface area contributed by atoms with Crippen molar-refractivity contribution in [1.29, 1.82) is 0 Å². The zero-order valence-electron chi connectivity index (χ0n) is 13.2. The molecule has 2 unspecified atom stereocenters. The van der Waals surface area contributed by atoms with Crippen molar-refractivity contribution < 1.29 is 9.53 Å². The van der Waals surface area contributed by atoms with E-state index in [1.807, 2.05) is 0 Å². The largest absolute Gasteiger partial charge is 0.379 e. The van der Waals surface area contributed by atoms with Crippen molar-refractivity contribution in [3.05, 3.63) is 0 Å². The van der Waals surface area contributed by atoms with E-state index < -0.39 is 0 Å². The Balaban J connectivity index is 0.00000121. The molecular formula is C15H29Cl2N3O2. The SMILES string of the molecule is Cl.Cl.O=C(C1CCCNC1)N1CCC(CN2CCOCC2)C1. The van der Waals surface area contributed by atoms with Gasteiger partial charge in [-0.15, -0.1) is 24.8 Å². The Kier molecular flexibility index (Phi) is 9.02. The Morgan fingerprint density at radius 2 is 1.91 bits per heavy atom. The van der Waals surface area contributed by atoms with Gasteiger partial charge in [0.2, 0.25) is 5.91 Å². The average Bonchev–Trinajstić information content (AvgIpc) is 2.97. The number of nitrogens with one attached hydrogen (secondary N) is 1. The molecule has 7 heteroatoms. The normalized spacial score (nSPS) is 29.5. The van der Waals surface area contributed by atoms with Crippen molar-refractivity contribution >= 4 is 30.7 Å². The Morgan fingerprint density at radius 3 is 2.59 bits per heavy atom. The fourth-order valence-corrected chi connectivity index (χ4v) is 3.65. The molecular weight excluding hydrogens is 325 g/mol. The van der Waals surface area contributed by atoms with Crippen LogP contribution in [0, 0.1) is 11.8 Å². The first-order valence-electron chi connectivity index (χ1n) is 8.12. The predicted octanol–water partition coefficient (Wildman–Crippen LogP) is 1.01. The van der Waals surface area contributed by atoms with Crippen LogP contribution in [0.1, 0.15) is 19.3 Å². The zero-order chi connectivity index (χ0) is 13.8. The van der Waals surface area contributed by atoms with Gasteiger partial charge in [0.25, 0.3) is 0 Å². The van der Waals surface area contributed by atoms with E-state index >= 15 is 0 Å². The van der Waals surface area contributed by atoms with Crippen molar-refractivity contribution in [2.24, 2.45) is 11.8 Å². The lowest BCUT2D eigenvalue weighted by atomic mass is 9.98. The topological polar surface area (TPSA) is 44.8 Å². The second-order valence-corrected chi connectivity index (χ2v) is 6.40. The number of hydrogen-bond acceptors (Lipinski definition) is 4. The molecule has 130 valence electrons. The minimum atomic E-state index is 0. The number of rotatable bonds is 3. The Bertz CT molecular complexity index is 335. The molecule has 3 heterocycles. The molecule has 1 N–H and O–H groups in total. The molecule has 0 aromatic rings. The van der Waals surface area contributed by atoms with E-state index in [0.717, 1.165) is 71.9 Å². The lowest BCUT2D eigenvalue weighted by molar-refractivity contribution is -0.135. The quantitative estimate of drug-likeness (QED) is 0.822. The van der Waals surface area contributed by atoms with Gasteiger partial charge in [0.15, 0.2) is 0 Å². The van der Waals surface area contributed by atoms with Gasteiger partial charge in [0, 0.05) is 39.3 Å². The van der Waals surface area contributed by atoms with Gasteiger partial charge in [-0.1, -0.05) is 0 Å². The van der Waals surface area contributed by atoms with Crippen LogP contribution in [0.15, 0.2) is 0 Å². The van der Waals surface area contributed by atoms with Crippen LogP contribution in [0.3, 0.4) is 0 Å². The maximum absolute atomic E-state index is 12.5. The lowest BCUT2D eigenvalue weighted by Crippen LogP contribution is -2.43. The predicted molar refractivity (Wildman–Crippen MR) is 92.0 cm³/mol. The molecule has 0 aromatic carbocycles. The molecule has 0 bridgehead atoms. The van der Waals surface area contributed by atoms with Gasteiger partial charge in [-0.2, -0.15) is 0 Å². The maximum Gasteiger partial charge on any atom is 0.226 e. The molecule has 0 spiro atoms. The molecule has 2 atom stereocenters. The summed E-state index contributed by atoms with van der Waals surface area (Å²) < 4.78 is 5.39. The summed E-state index contributed by atoms with van der Waals surface area (Å²) in [5, 5.41) is 3.35. The number of morpholine rings is 1. The Labute approximate surface area is 145 Å². The highest BCUT2D eigenvalue weighted by Gasteiger charge is 2.32. The van der Waals surface area contributed by atoms with E-state index in [9.17, 15) is 4.79 Å². The van der Waals surface area contributed by atoms with Gasteiger partial charge < -0.3 is 15.0 Å². The summed E-state index contributed by atoms with van der Waals surface area (Å²) in [5.41, 5.74) is 0. The summed E-state index contributed by atoms with van der Waals surface area (Å²) in [7, 11) is 0. The molecule has 0 aromatic heterocycles.